The fourth-order valence-corrected chi connectivity index (χ4v) is 5.25. The van der Waals surface area contributed by atoms with Gasteiger partial charge in [-0.2, -0.15) is 5.01 Å². The lowest BCUT2D eigenvalue weighted by molar-refractivity contribution is -0.141. The van der Waals surface area contributed by atoms with Gasteiger partial charge in [0.15, 0.2) is 0 Å². The largest absolute Gasteiger partial charge is 0.344 e. The van der Waals surface area contributed by atoms with Gasteiger partial charge in [0.1, 0.15) is 17.6 Å². The monoisotopic (exact) mass is 489 g/mol. The van der Waals surface area contributed by atoms with E-state index < -0.39 is 47.4 Å². The molecule has 36 heavy (non-hydrogen) atoms. The number of hydrogen-bond donors (Lipinski definition) is 3. The minimum Gasteiger partial charge on any atom is -0.322 e. The average molecular weight is 490 g/mol. The SMILES string of the molecule is C[C@]1(CCc2ccccc2)NC(=O)N(NC(=O)CN2C(=O)N[C@@]3(CCCc4ccccc43)C2=O)C1=O. The van der Waals surface area contributed by atoms with Crippen molar-refractivity contribution >= 4 is 29.8 Å². The molecule has 1 aliphatic carbocycles. The van der Waals surface area contributed by atoms with Crippen LogP contribution in [0.5, 0.6) is 0 Å². The first-order valence-electron chi connectivity index (χ1n) is 12.0. The third-order valence-electron chi connectivity index (χ3n) is 7.21. The van der Waals surface area contributed by atoms with Gasteiger partial charge in [-0.25, -0.2) is 9.59 Å². The number of carbonyl (C=O) groups is 5. The summed E-state index contributed by atoms with van der Waals surface area (Å²) in [6, 6.07) is 15.5. The normalized spacial score (nSPS) is 25.1. The van der Waals surface area contributed by atoms with Crippen LogP contribution in [-0.4, -0.2) is 51.8 Å². The van der Waals surface area contributed by atoms with Crippen molar-refractivity contribution in [3.63, 3.8) is 0 Å². The topological polar surface area (TPSA) is 128 Å². The number of amides is 7. The molecule has 0 unspecified atom stereocenters. The summed E-state index contributed by atoms with van der Waals surface area (Å²) in [6.45, 7) is 0.983. The number of aryl methyl sites for hydroxylation is 2. The van der Waals surface area contributed by atoms with Crippen LogP contribution in [0.4, 0.5) is 9.59 Å². The first kappa shape index (κ1) is 23.5. The molecule has 0 aromatic heterocycles. The minimum absolute atomic E-state index is 0.336. The third-order valence-corrected chi connectivity index (χ3v) is 7.21. The number of hydrogen-bond acceptors (Lipinski definition) is 5. The Bertz CT molecular complexity index is 1260. The van der Waals surface area contributed by atoms with Crippen molar-refractivity contribution in [3.8, 4) is 0 Å². The molecule has 0 radical (unpaired) electrons. The zero-order valence-electron chi connectivity index (χ0n) is 19.9. The number of hydrazine groups is 1. The van der Waals surface area contributed by atoms with Crippen LogP contribution >= 0.6 is 0 Å². The lowest BCUT2D eigenvalue weighted by Crippen LogP contribution is -2.52. The average Bonchev–Trinajstić information content (AvgIpc) is 3.23. The fourth-order valence-electron chi connectivity index (χ4n) is 5.25. The Morgan fingerprint density at radius 1 is 0.944 bits per heavy atom. The van der Waals surface area contributed by atoms with Crippen molar-refractivity contribution in [2.24, 2.45) is 0 Å². The number of urea groups is 2. The van der Waals surface area contributed by atoms with Gasteiger partial charge < -0.3 is 10.6 Å². The first-order valence-corrected chi connectivity index (χ1v) is 12.0. The van der Waals surface area contributed by atoms with Crippen LogP contribution in [0.25, 0.3) is 0 Å². The number of carbonyl (C=O) groups excluding carboxylic acids is 5. The summed E-state index contributed by atoms with van der Waals surface area (Å²) >= 11 is 0. The Morgan fingerprint density at radius 2 is 1.67 bits per heavy atom. The molecule has 5 rings (SSSR count). The smallest absolute Gasteiger partial charge is 0.322 e. The van der Waals surface area contributed by atoms with Gasteiger partial charge in [0.25, 0.3) is 17.7 Å². The zero-order valence-corrected chi connectivity index (χ0v) is 19.9. The van der Waals surface area contributed by atoms with Crippen LogP contribution in [0.1, 0.15) is 42.9 Å². The van der Waals surface area contributed by atoms with Crippen molar-refractivity contribution < 1.29 is 24.0 Å². The van der Waals surface area contributed by atoms with E-state index in [9.17, 15) is 24.0 Å². The van der Waals surface area contributed by atoms with Gasteiger partial charge in [-0.15, -0.1) is 0 Å². The van der Waals surface area contributed by atoms with E-state index in [4.69, 9.17) is 0 Å². The Balaban J connectivity index is 1.25. The van der Waals surface area contributed by atoms with Crippen molar-refractivity contribution in [2.45, 2.75) is 50.1 Å². The molecule has 0 bridgehead atoms. The highest BCUT2D eigenvalue weighted by molar-refractivity contribution is 6.11. The Labute approximate surface area is 208 Å². The predicted octanol–water partition coefficient (Wildman–Crippen LogP) is 1.74. The maximum Gasteiger partial charge on any atom is 0.344 e. The van der Waals surface area contributed by atoms with Crippen molar-refractivity contribution in [1.82, 2.24) is 26.0 Å². The van der Waals surface area contributed by atoms with Gasteiger partial charge >= 0.3 is 12.1 Å². The lowest BCUT2D eigenvalue weighted by Gasteiger charge is -2.33. The summed E-state index contributed by atoms with van der Waals surface area (Å²) in [4.78, 5) is 65.3. The molecule has 7 amide bonds. The van der Waals surface area contributed by atoms with Crippen molar-refractivity contribution in [1.29, 1.82) is 0 Å². The lowest BCUT2D eigenvalue weighted by atomic mass is 9.76. The zero-order chi connectivity index (χ0) is 25.5. The molecule has 3 N–H and O–H groups in total. The highest BCUT2D eigenvalue weighted by Gasteiger charge is 2.54. The van der Waals surface area contributed by atoms with E-state index >= 15 is 0 Å². The standard InChI is InChI=1S/C26H27N5O5/c1-25(15-13-17-8-3-2-4-9-17)21(33)31(24(36)27-25)29-20(32)16-30-22(34)26(28-23(30)35)14-7-11-18-10-5-6-12-19(18)26/h2-6,8-10,12H,7,11,13-16H2,1H3,(H,27,36)(H,28,35)(H,29,32)/t25-,26-/m1/s1. The van der Waals surface area contributed by atoms with E-state index in [2.05, 4.69) is 16.1 Å². The number of imide groups is 2. The maximum atomic E-state index is 13.4. The summed E-state index contributed by atoms with van der Waals surface area (Å²) in [5.41, 5.74) is 2.60. The highest BCUT2D eigenvalue weighted by atomic mass is 16.2. The highest BCUT2D eigenvalue weighted by Crippen LogP contribution is 2.39. The second-order valence-corrected chi connectivity index (χ2v) is 9.66. The van der Waals surface area contributed by atoms with E-state index in [-0.39, 0.29) is 0 Å². The molecule has 2 atom stereocenters. The minimum atomic E-state index is -1.21. The summed E-state index contributed by atoms with van der Waals surface area (Å²) in [6.07, 6.45) is 2.84. The van der Waals surface area contributed by atoms with E-state index in [0.717, 1.165) is 28.0 Å². The molecule has 2 aromatic rings. The number of nitrogens with one attached hydrogen (secondary N) is 3. The maximum absolute atomic E-state index is 13.4. The molecule has 1 spiro atoms. The van der Waals surface area contributed by atoms with Gasteiger partial charge in [0.2, 0.25) is 0 Å². The van der Waals surface area contributed by atoms with E-state index in [1.807, 2.05) is 54.6 Å². The van der Waals surface area contributed by atoms with Crippen LogP contribution in [0.15, 0.2) is 54.6 Å². The first-order chi connectivity index (χ1) is 17.2. The Hall–Kier alpha value is -4.21. The molecule has 10 nitrogen and oxygen atoms in total. The van der Waals surface area contributed by atoms with Crippen molar-refractivity contribution in [3.05, 3.63) is 71.3 Å². The Morgan fingerprint density at radius 3 is 2.44 bits per heavy atom. The molecule has 0 saturated carbocycles. The van der Waals surface area contributed by atoms with Crippen LogP contribution in [0.3, 0.4) is 0 Å². The van der Waals surface area contributed by atoms with E-state index in [0.29, 0.717) is 30.7 Å². The fraction of sp³-hybridized carbons (Fsp3) is 0.346. The summed E-state index contributed by atoms with van der Waals surface area (Å²) in [5.74, 6) is -1.94. The molecular formula is C26H27N5O5. The van der Waals surface area contributed by atoms with Crippen LogP contribution in [0.2, 0.25) is 0 Å². The van der Waals surface area contributed by atoms with Crippen molar-refractivity contribution in [2.75, 3.05) is 6.54 Å². The summed E-state index contributed by atoms with van der Waals surface area (Å²) in [5, 5.41) is 6.04. The number of fused-ring (bicyclic) bond motifs is 2. The Kier molecular flexibility index (Phi) is 5.74. The number of benzene rings is 2. The second-order valence-electron chi connectivity index (χ2n) is 9.66. The van der Waals surface area contributed by atoms with Gasteiger partial charge in [-0.05, 0) is 55.7 Å². The molecule has 2 heterocycles. The molecule has 186 valence electrons. The molecule has 2 fully saturated rings. The quantitative estimate of drug-likeness (QED) is 0.533. The van der Waals surface area contributed by atoms with Gasteiger partial charge in [-0.1, -0.05) is 54.6 Å². The van der Waals surface area contributed by atoms with Crippen LogP contribution in [0, 0.1) is 0 Å². The number of rotatable bonds is 6. The van der Waals surface area contributed by atoms with Gasteiger partial charge in [0.05, 0.1) is 0 Å². The van der Waals surface area contributed by atoms with E-state index in [1.54, 1.807) is 6.92 Å². The van der Waals surface area contributed by atoms with Crippen LogP contribution < -0.4 is 16.1 Å². The second kappa shape index (κ2) is 8.78. The van der Waals surface area contributed by atoms with Crippen LogP contribution in [-0.2, 0) is 32.8 Å². The molecule has 3 aliphatic rings. The molecule has 10 heteroatoms. The van der Waals surface area contributed by atoms with Gasteiger partial charge in [0, 0.05) is 0 Å². The third kappa shape index (κ3) is 3.88. The van der Waals surface area contributed by atoms with Gasteiger partial charge in [-0.3, -0.25) is 24.7 Å². The summed E-state index contributed by atoms with van der Waals surface area (Å²) < 4.78 is 0. The summed E-state index contributed by atoms with van der Waals surface area (Å²) in [7, 11) is 0. The molecular weight excluding hydrogens is 462 g/mol. The molecule has 2 saturated heterocycles. The molecule has 2 aromatic carbocycles. The predicted molar refractivity (Wildman–Crippen MR) is 128 cm³/mol. The molecule has 2 aliphatic heterocycles. The van der Waals surface area contributed by atoms with E-state index in [1.165, 1.54) is 0 Å². The number of nitrogens with zero attached hydrogens (tertiary/aromatic N) is 2.